The lowest BCUT2D eigenvalue weighted by Gasteiger charge is -2.23. The average Bonchev–Trinajstić information content (AvgIpc) is 2.97. The lowest BCUT2D eigenvalue weighted by atomic mass is 10.0. The van der Waals surface area contributed by atoms with Gasteiger partial charge in [-0.05, 0) is 44.5 Å². The minimum Gasteiger partial charge on any atom is -0.464 e. The number of alkyl carbamates (subject to hydrolysis) is 1. The van der Waals surface area contributed by atoms with E-state index in [4.69, 9.17) is 9.15 Å². The van der Waals surface area contributed by atoms with Crippen LogP contribution in [0.5, 0.6) is 0 Å². The van der Waals surface area contributed by atoms with Crippen molar-refractivity contribution in [3.05, 3.63) is 48.2 Å². The molecule has 1 amide bonds. The van der Waals surface area contributed by atoms with Gasteiger partial charge in [0.25, 0.3) is 0 Å². The summed E-state index contributed by atoms with van der Waals surface area (Å²) >= 11 is 0. The number of hydrogen-bond donors (Lipinski definition) is 2. The van der Waals surface area contributed by atoms with Gasteiger partial charge in [0.05, 0.1) is 12.9 Å². The summed E-state index contributed by atoms with van der Waals surface area (Å²) in [6.45, 7) is 5.29. The zero-order chi connectivity index (χ0) is 16.2. The molecule has 2 aromatic rings. The molecule has 118 valence electrons. The maximum Gasteiger partial charge on any atom is 0.408 e. The third-order valence-corrected chi connectivity index (χ3v) is 2.96. The van der Waals surface area contributed by atoms with Gasteiger partial charge >= 0.3 is 6.09 Å². The summed E-state index contributed by atoms with van der Waals surface area (Å²) < 4.78 is 10.7. The maximum absolute atomic E-state index is 11.9. The van der Waals surface area contributed by atoms with E-state index < -0.39 is 17.7 Å². The van der Waals surface area contributed by atoms with Crippen LogP contribution in [0, 0.1) is 0 Å². The van der Waals surface area contributed by atoms with E-state index in [0.29, 0.717) is 5.56 Å². The lowest BCUT2D eigenvalue weighted by Crippen LogP contribution is -2.41. The molecule has 0 saturated heterocycles. The molecule has 2 N–H and O–H groups in total. The average molecular weight is 303 g/mol. The molecule has 0 unspecified atom stereocenters. The van der Waals surface area contributed by atoms with Crippen LogP contribution in [0.3, 0.4) is 0 Å². The smallest absolute Gasteiger partial charge is 0.408 e. The van der Waals surface area contributed by atoms with Crippen molar-refractivity contribution in [2.24, 2.45) is 0 Å². The number of aliphatic hydroxyl groups is 1. The Morgan fingerprint density at radius 3 is 2.68 bits per heavy atom. The van der Waals surface area contributed by atoms with Gasteiger partial charge in [0.15, 0.2) is 6.10 Å². The van der Waals surface area contributed by atoms with Crippen LogP contribution in [0.2, 0.25) is 0 Å². The number of amides is 1. The minimum atomic E-state index is -0.725. The Balaban J connectivity index is 2.14. The summed E-state index contributed by atoms with van der Waals surface area (Å²) in [4.78, 5) is 11.9. The quantitative estimate of drug-likeness (QED) is 0.906. The van der Waals surface area contributed by atoms with Gasteiger partial charge < -0.3 is 19.6 Å². The second kappa shape index (κ2) is 6.66. The van der Waals surface area contributed by atoms with Crippen LogP contribution in [0.25, 0.3) is 11.3 Å². The Morgan fingerprint density at radius 2 is 2.09 bits per heavy atom. The van der Waals surface area contributed by atoms with Gasteiger partial charge in [-0.2, -0.15) is 0 Å². The molecule has 0 fully saturated rings. The molecular weight excluding hydrogens is 282 g/mol. The molecule has 1 aromatic heterocycles. The number of hydrogen-bond acceptors (Lipinski definition) is 4. The third kappa shape index (κ3) is 4.36. The summed E-state index contributed by atoms with van der Waals surface area (Å²) in [7, 11) is 0. The summed E-state index contributed by atoms with van der Waals surface area (Å²) in [5.74, 6) is 0.720. The number of rotatable bonds is 4. The Bertz CT molecular complexity index is 614. The number of benzene rings is 1. The largest absolute Gasteiger partial charge is 0.464 e. The molecule has 1 aromatic carbocycles. The van der Waals surface area contributed by atoms with E-state index in [1.807, 2.05) is 45.0 Å². The molecule has 0 saturated carbocycles. The first-order chi connectivity index (χ1) is 10.4. The van der Waals surface area contributed by atoms with Crippen LogP contribution in [0.1, 0.15) is 32.4 Å². The number of furan rings is 1. The molecule has 0 aliphatic carbocycles. The van der Waals surface area contributed by atoms with E-state index in [0.717, 1.165) is 11.3 Å². The molecule has 0 bridgehead atoms. The summed E-state index contributed by atoms with van der Waals surface area (Å²) in [6.07, 6.45) is 0.311. The predicted octanol–water partition coefficient (Wildman–Crippen LogP) is 3.50. The number of aliphatic hydroxyl groups excluding tert-OH is 1. The van der Waals surface area contributed by atoms with Crippen LogP contribution in [0.15, 0.2) is 47.1 Å². The van der Waals surface area contributed by atoms with Crippen molar-refractivity contribution in [1.29, 1.82) is 0 Å². The highest BCUT2D eigenvalue weighted by atomic mass is 16.6. The predicted molar refractivity (Wildman–Crippen MR) is 83.3 cm³/mol. The molecule has 0 aliphatic rings. The molecule has 0 aliphatic heterocycles. The van der Waals surface area contributed by atoms with Crippen LogP contribution in [0.4, 0.5) is 4.79 Å². The van der Waals surface area contributed by atoms with Crippen molar-refractivity contribution in [3.63, 3.8) is 0 Å². The Labute approximate surface area is 129 Å². The molecule has 5 nitrogen and oxygen atoms in total. The molecule has 1 heterocycles. The summed E-state index contributed by atoms with van der Waals surface area (Å²) in [5, 5.41) is 12.2. The molecule has 0 radical (unpaired) electrons. The normalized spacial score (nSPS) is 12.7. The Hall–Kier alpha value is -2.27. The van der Waals surface area contributed by atoms with Crippen molar-refractivity contribution in [3.8, 4) is 11.3 Å². The van der Waals surface area contributed by atoms with Crippen molar-refractivity contribution in [2.75, 3.05) is 6.61 Å². The SMILES string of the molecule is CC(C)(C)NC(=O)O[C@H](CO)c1cccc(-c2ccco2)c1. The fourth-order valence-corrected chi connectivity index (χ4v) is 2.01. The summed E-state index contributed by atoms with van der Waals surface area (Å²) in [6, 6.07) is 11.0. The fraction of sp³-hybridized carbons (Fsp3) is 0.353. The minimum absolute atomic E-state index is 0.292. The molecule has 5 heteroatoms. The first-order valence-electron chi connectivity index (χ1n) is 7.12. The molecular formula is C17H21NO4. The molecule has 22 heavy (non-hydrogen) atoms. The van der Waals surface area contributed by atoms with Crippen molar-refractivity contribution < 1.29 is 19.1 Å². The third-order valence-electron chi connectivity index (χ3n) is 2.96. The van der Waals surface area contributed by atoms with E-state index in [1.165, 1.54) is 0 Å². The van der Waals surface area contributed by atoms with E-state index in [-0.39, 0.29) is 6.61 Å². The molecule has 2 rings (SSSR count). The Kier molecular flexibility index (Phi) is 4.88. The van der Waals surface area contributed by atoms with Crippen molar-refractivity contribution in [1.82, 2.24) is 5.32 Å². The lowest BCUT2D eigenvalue weighted by molar-refractivity contribution is 0.0530. The molecule has 0 spiro atoms. The highest BCUT2D eigenvalue weighted by molar-refractivity contribution is 5.68. The van der Waals surface area contributed by atoms with E-state index >= 15 is 0 Å². The van der Waals surface area contributed by atoms with E-state index in [1.54, 1.807) is 18.4 Å². The van der Waals surface area contributed by atoms with Crippen molar-refractivity contribution in [2.45, 2.75) is 32.4 Å². The van der Waals surface area contributed by atoms with Gasteiger partial charge in [0, 0.05) is 11.1 Å². The standard InChI is InChI=1S/C17H21NO4/c1-17(2,3)18-16(20)22-15(11-19)13-7-4-6-12(10-13)14-8-5-9-21-14/h4-10,15,19H,11H2,1-3H3,(H,18,20)/t15-/m1/s1. The molecule has 1 atom stereocenters. The van der Waals surface area contributed by atoms with E-state index in [2.05, 4.69) is 5.32 Å². The van der Waals surface area contributed by atoms with Crippen LogP contribution in [-0.4, -0.2) is 23.3 Å². The highest BCUT2D eigenvalue weighted by Crippen LogP contribution is 2.25. The zero-order valence-electron chi connectivity index (χ0n) is 13.0. The van der Waals surface area contributed by atoms with Crippen LogP contribution in [-0.2, 0) is 4.74 Å². The van der Waals surface area contributed by atoms with Gasteiger partial charge in [-0.25, -0.2) is 4.79 Å². The first-order valence-corrected chi connectivity index (χ1v) is 7.12. The second-order valence-electron chi connectivity index (χ2n) is 6.05. The van der Waals surface area contributed by atoms with Crippen LogP contribution < -0.4 is 5.32 Å². The fourth-order valence-electron chi connectivity index (χ4n) is 2.01. The highest BCUT2D eigenvalue weighted by Gasteiger charge is 2.20. The first kappa shape index (κ1) is 16.1. The van der Waals surface area contributed by atoms with Gasteiger partial charge in [-0.3, -0.25) is 0 Å². The van der Waals surface area contributed by atoms with Gasteiger partial charge in [-0.15, -0.1) is 0 Å². The monoisotopic (exact) mass is 303 g/mol. The maximum atomic E-state index is 11.9. The topological polar surface area (TPSA) is 71.7 Å². The second-order valence-corrected chi connectivity index (χ2v) is 6.05. The number of ether oxygens (including phenoxy) is 1. The van der Waals surface area contributed by atoms with Crippen molar-refractivity contribution >= 4 is 6.09 Å². The number of carbonyl (C=O) groups is 1. The zero-order valence-corrected chi connectivity index (χ0v) is 13.0. The van der Waals surface area contributed by atoms with Crippen LogP contribution >= 0.6 is 0 Å². The van der Waals surface area contributed by atoms with E-state index in [9.17, 15) is 9.90 Å². The van der Waals surface area contributed by atoms with Gasteiger partial charge in [0.2, 0.25) is 0 Å². The Morgan fingerprint density at radius 1 is 1.32 bits per heavy atom. The number of nitrogens with one attached hydrogen (secondary N) is 1. The number of carbonyl (C=O) groups excluding carboxylic acids is 1. The summed E-state index contributed by atoms with van der Waals surface area (Å²) in [5.41, 5.74) is 1.17. The van der Waals surface area contributed by atoms with Gasteiger partial charge in [-0.1, -0.05) is 18.2 Å². The van der Waals surface area contributed by atoms with Gasteiger partial charge in [0.1, 0.15) is 5.76 Å².